The van der Waals surface area contributed by atoms with Crippen LogP contribution in [0.1, 0.15) is 47.1 Å². The molecule has 1 aromatic carbocycles. The van der Waals surface area contributed by atoms with Gasteiger partial charge in [-0.1, -0.05) is 30.3 Å². The zero-order valence-corrected chi connectivity index (χ0v) is 16.1. The van der Waals surface area contributed by atoms with E-state index in [1.807, 2.05) is 0 Å². The Morgan fingerprint density at radius 2 is 1.61 bits per heavy atom. The number of hydrogen-bond acceptors (Lipinski definition) is 5. The summed E-state index contributed by atoms with van der Waals surface area (Å²) in [6.45, 7) is 1.05. The maximum absolute atomic E-state index is 13.5. The summed E-state index contributed by atoms with van der Waals surface area (Å²) in [5.74, 6) is -3.17. The number of ketones is 1. The highest BCUT2D eigenvalue weighted by atomic mass is 19.4. The summed E-state index contributed by atoms with van der Waals surface area (Å²) in [6, 6.07) is 7.65. The Morgan fingerprint density at radius 3 is 2.16 bits per heavy atom. The van der Waals surface area contributed by atoms with Crippen molar-refractivity contribution < 1.29 is 45.4 Å². The van der Waals surface area contributed by atoms with Gasteiger partial charge in [-0.2, -0.15) is 26.3 Å². The standard InChI is InChI=1S/C20H17F6NO4/c1-2-30-16(29)9-8-14(28)17-18(31-11-12-6-4-3-5-7-12)13(19(21,22)23)10-15(27-17)20(24,25)26/h3-7,10H,2,8-9,11H2,1H3. The fourth-order valence-electron chi connectivity index (χ4n) is 2.52. The minimum absolute atomic E-state index is 0.00150. The summed E-state index contributed by atoms with van der Waals surface area (Å²) in [6.07, 6.45) is -11.7. The highest BCUT2D eigenvalue weighted by Gasteiger charge is 2.42. The van der Waals surface area contributed by atoms with E-state index in [1.165, 1.54) is 19.1 Å². The van der Waals surface area contributed by atoms with Gasteiger partial charge in [0.2, 0.25) is 0 Å². The smallest absolute Gasteiger partial charge is 0.433 e. The lowest BCUT2D eigenvalue weighted by Crippen LogP contribution is -2.20. The van der Waals surface area contributed by atoms with Crippen molar-refractivity contribution in [3.05, 3.63) is 58.9 Å². The van der Waals surface area contributed by atoms with Crippen molar-refractivity contribution in [1.82, 2.24) is 4.98 Å². The second kappa shape index (κ2) is 9.80. The third-order valence-electron chi connectivity index (χ3n) is 3.92. The number of carbonyl (C=O) groups is 2. The van der Waals surface area contributed by atoms with Crippen LogP contribution in [0.25, 0.3) is 0 Å². The molecule has 0 atom stereocenters. The molecule has 0 aliphatic carbocycles. The Hall–Kier alpha value is -3.11. The van der Waals surface area contributed by atoms with Gasteiger partial charge < -0.3 is 9.47 Å². The molecule has 0 unspecified atom stereocenters. The maximum Gasteiger partial charge on any atom is 0.433 e. The van der Waals surface area contributed by atoms with Crippen LogP contribution in [0, 0.1) is 0 Å². The summed E-state index contributed by atoms with van der Waals surface area (Å²) < 4.78 is 89.8. The van der Waals surface area contributed by atoms with Crippen LogP contribution in [-0.4, -0.2) is 23.3 Å². The quantitative estimate of drug-likeness (QED) is 0.314. The van der Waals surface area contributed by atoms with Gasteiger partial charge in [0.25, 0.3) is 0 Å². The van der Waals surface area contributed by atoms with Crippen LogP contribution in [0.15, 0.2) is 36.4 Å². The largest absolute Gasteiger partial charge is 0.486 e. The van der Waals surface area contributed by atoms with Gasteiger partial charge in [0.05, 0.1) is 13.0 Å². The van der Waals surface area contributed by atoms with Crippen molar-refractivity contribution in [2.45, 2.75) is 38.7 Å². The Balaban J connectivity index is 2.51. The number of ether oxygens (including phenoxy) is 2. The first-order valence-corrected chi connectivity index (χ1v) is 8.98. The summed E-state index contributed by atoms with van der Waals surface area (Å²) in [5.41, 5.74) is -4.42. The molecule has 1 heterocycles. The Labute approximate surface area is 173 Å². The lowest BCUT2D eigenvalue weighted by molar-refractivity contribution is -0.146. The van der Waals surface area contributed by atoms with E-state index < -0.39 is 66.3 Å². The van der Waals surface area contributed by atoms with Crippen LogP contribution in [0.4, 0.5) is 26.3 Å². The minimum atomic E-state index is -5.26. The van der Waals surface area contributed by atoms with Crippen LogP contribution in [0.5, 0.6) is 5.75 Å². The van der Waals surface area contributed by atoms with Crippen LogP contribution >= 0.6 is 0 Å². The topological polar surface area (TPSA) is 65.5 Å². The number of halogens is 6. The average molecular weight is 449 g/mol. The molecule has 0 amide bonds. The first-order chi connectivity index (χ1) is 14.4. The number of benzene rings is 1. The van der Waals surface area contributed by atoms with E-state index in [9.17, 15) is 35.9 Å². The molecule has 31 heavy (non-hydrogen) atoms. The highest BCUT2D eigenvalue weighted by Crippen LogP contribution is 2.41. The lowest BCUT2D eigenvalue weighted by atomic mass is 10.1. The normalized spacial score (nSPS) is 11.8. The highest BCUT2D eigenvalue weighted by molar-refractivity contribution is 5.98. The second-order valence-electron chi connectivity index (χ2n) is 6.23. The van der Waals surface area contributed by atoms with E-state index in [0.717, 1.165) is 0 Å². The predicted molar refractivity (Wildman–Crippen MR) is 95.2 cm³/mol. The van der Waals surface area contributed by atoms with Crippen LogP contribution in [-0.2, 0) is 28.5 Å². The number of alkyl halides is 6. The van der Waals surface area contributed by atoms with Crippen molar-refractivity contribution in [3.8, 4) is 5.75 Å². The van der Waals surface area contributed by atoms with Gasteiger partial charge >= 0.3 is 18.3 Å². The molecular weight excluding hydrogens is 432 g/mol. The molecule has 0 spiro atoms. The molecule has 0 aliphatic heterocycles. The molecule has 1 aromatic heterocycles. The first-order valence-electron chi connectivity index (χ1n) is 8.98. The molecule has 0 radical (unpaired) electrons. The van der Waals surface area contributed by atoms with Crippen LogP contribution in [0.2, 0.25) is 0 Å². The molecule has 11 heteroatoms. The number of Topliss-reactive ketones (excluding diaryl/α,β-unsaturated/α-hetero) is 1. The average Bonchev–Trinajstić information content (AvgIpc) is 2.69. The van der Waals surface area contributed by atoms with E-state index in [-0.39, 0.29) is 12.7 Å². The lowest BCUT2D eigenvalue weighted by Gasteiger charge is -2.19. The second-order valence-corrected chi connectivity index (χ2v) is 6.23. The fraction of sp³-hybridized carbons (Fsp3) is 0.350. The fourth-order valence-corrected chi connectivity index (χ4v) is 2.52. The van der Waals surface area contributed by atoms with Crippen molar-refractivity contribution in [2.24, 2.45) is 0 Å². The molecule has 2 aromatic rings. The van der Waals surface area contributed by atoms with E-state index in [4.69, 9.17) is 4.74 Å². The number of aromatic nitrogens is 1. The van der Waals surface area contributed by atoms with Crippen molar-refractivity contribution in [2.75, 3.05) is 6.61 Å². The van der Waals surface area contributed by atoms with Gasteiger partial charge in [0.15, 0.2) is 11.5 Å². The van der Waals surface area contributed by atoms with Gasteiger partial charge in [-0.05, 0) is 18.6 Å². The number of carbonyl (C=O) groups excluding carboxylic acids is 2. The summed E-state index contributed by atoms with van der Waals surface area (Å²) in [5, 5.41) is 0. The third-order valence-corrected chi connectivity index (χ3v) is 3.92. The van der Waals surface area contributed by atoms with E-state index >= 15 is 0 Å². The number of pyridine rings is 1. The van der Waals surface area contributed by atoms with Gasteiger partial charge in [0.1, 0.15) is 23.6 Å². The molecule has 0 bridgehead atoms. The Morgan fingerprint density at radius 1 is 0.968 bits per heavy atom. The zero-order chi connectivity index (χ0) is 23.2. The SMILES string of the molecule is CCOC(=O)CCC(=O)c1nc(C(F)(F)F)cc(C(F)(F)F)c1OCc1ccccc1. The predicted octanol–water partition coefficient (Wildman–Crippen LogP) is 5.22. The number of hydrogen-bond donors (Lipinski definition) is 0. The molecule has 0 fully saturated rings. The van der Waals surface area contributed by atoms with Crippen LogP contribution in [0.3, 0.4) is 0 Å². The summed E-state index contributed by atoms with van der Waals surface area (Å²) in [4.78, 5) is 27.0. The Bertz CT molecular complexity index is 926. The Kier molecular flexibility index (Phi) is 7.64. The molecule has 0 N–H and O–H groups in total. The van der Waals surface area contributed by atoms with Gasteiger partial charge in [-0.15, -0.1) is 0 Å². The van der Waals surface area contributed by atoms with E-state index in [0.29, 0.717) is 5.56 Å². The van der Waals surface area contributed by atoms with E-state index in [1.54, 1.807) is 18.2 Å². The number of rotatable bonds is 8. The summed E-state index contributed by atoms with van der Waals surface area (Å²) >= 11 is 0. The first kappa shape index (κ1) is 24.2. The minimum Gasteiger partial charge on any atom is -0.486 e. The maximum atomic E-state index is 13.5. The zero-order valence-electron chi connectivity index (χ0n) is 16.1. The number of esters is 1. The van der Waals surface area contributed by atoms with Gasteiger partial charge in [-0.3, -0.25) is 9.59 Å². The monoisotopic (exact) mass is 449 g/mol. The van der Waals surface area contributed by atoms with Crippen molar-refractivity contribution in [1.29, 1.82) is 0 Å². The molecule has 0 aliphatic rings. The molecule has 2 rings (SSSR count). The van der Waals surface area contributed by atoms with E-state index in [2.05, 4.69) is 9.72 Å². The van der Waals surface area contributed by atoms with Gasteiger partial charge in [0, 0.05) is 6.42 Å². The molecular formula is C20H17F6NO4. The molecule has 0 saturated heterocycles. The number of nitrogens with zero attached hydrogens (tertiary/aromatic N) is 1. The summed E-state index contributed by atoms with van der Waals surface area (Å²) in [7, 11) is 0. The van der Waals surface area contributed by atoms with Crippen molar-refractivity contribution >= 4 is 11.8 Å². The van der Waals surface area contributed by atoms with Crippen LogP contribution < -0.4 is 4.74 Å². The van der Waals surface area contributed by atoms with Gasteiger partial charge in [-0.25, -0.2) is 4.98 Å². The molecule has 168 valence electrons. The molecule has 5 nitrogen and oxygen atoms in total. The molecule has 0 saturated carbocycles. The third kappa shape index (κ3) is 6.69. The van der Waals surface area contributed by atoms with Crippen molar-refractivity contribution in [3.63, 3.8) is 0 Å².